The predicted molar refractivity (Wildman–Crippen MR) is 61.1 cm³/mol. The Balaban J connectivity index is 1.97. The molecular formula is C12H20N2O2. The summed E-state index contributed by atoms with van der Waals surface area (Å²) in [4.78, 5) is 6.76. The van der Waals surface area contributed by atoms with E-state index >= 15 is 0 Å². The van der Waals surface area contributed by atoms with Gasteiger partial charge in [-0.25, -0.2) is 4.98 Å². The number of hydrogen-bond acceptors (Lipinski definition) is 4. The van der Waals surface area contributed by atoms with E-state index in [4.69, 9.17) is 4.42 Å². The summed E-state index contributed by atoms with van der Waals surface area (Å²) < 4.78 is 5.38. The topological polar surface area (TPSA) is 49.5 Å². The molecular weight excluding hydrogens is 204 g/mol. The van der Waals surface area contributed by atoms with Gasteiger partial charge in [0.2, 0.25) is 0 Å². The van der Waals surface area contributed by atoms with E-state index in [0.29, 0.717) is 11.7 Å². The van der Waals surface area contributed by atoms with Gasteiger partial charge >= 0.3 is 0 Å². The molecule has 2 rings (SSSR count). The normalized spacial score (nSPS) is 23.8. The van der Waals surface area contributed by atoms with Gasteiger partial charge in [0.1, 0.15) is 12.0 Å². The minimum absolute atomic E-state index is 0.539. The maximum Gasteiger partial charge on any atom is 0.195 e. The largest absolute Gasteiger partial charge is 0.449 e. The molecule has 1 aliphatic rings. The molecule has 2 unspecified atom stereocenters. The first-order valence-electron chi connectivity index (χ1n) is 6.07. The number of hydrogen-bond donors (Lipinski definition) is 1. The van der Waals surface area contributed by atoms with Crippen LogP contribution in [0.25, 0.3) is 0 Å². The first-order chi connectivity index (χ1) is 7.70. The summed E-state index contributed by atoms with van der Waals surface area (Å²) in [5, 5.41) is 9.36. The highest BCUT2D eigenvalue weighted by atomic mass is 16.3. The lowest BCUT2D eigenvalue weighted by Gasteiger charge is -2.21. The molecule has 16 heavy (non-hydrogen) atoms. The van der Waals surface area contributed by atoms with Gasteiger partial charge < -0.3 is 14.4 Å². The number of likely N-dealkylation sites (N-methyl/N-ethyl adjacent to an activating group) is 1. The molecule has 0 radical (unpaired) electrons. The van der Waals surface area contributed by atoms with Gasteiger partial charge in [0.05, 0.1) is 6.10 Å². The van der Waals surface area contributed by atoms with Crippen LogP contribution in [-0.2, 0) is 6.42 Å². The second-order valence-corrected chi connectivity index (χ2v) is 4.47. The summed E-state index contributed by atoms with van der Waals surface area (Å²) >= 11 is 0. The fourth-order valence-corrected chi connectivity index (χ4v) is 2.35. The van der Waals surface area contributed by atoms with Crippen molar-refractivity contribution < 1.29 is 9.52 Å². The van der Waals surface area contributed by atoms with Crippen molar-refractivity contribution in [1.29, 1.82) is 0 Å². The second-order valence-electron chi connectivity index (χ2n) is 4.47. The summed E-state index contributed by atoms with van der Waals surface area (Å²) in [5.74, 6) is 0.751. The minimum Gasteiger partial charge on any atom is -0.449 e. The van der Waals surface area contributed by atoms with Gasteiger partial charge in [0.25, 0.3) is 0 Å². The zero-order valence-corrected chi connectivity index (χ0v) is 10.0. The SMILES string of the molecule is CCN1CCCC1Cc1nc(C(C)O)co1. The molecule has 0 bridgehead atoms. The quantitative estimate of drug-likeness (QED) is 0.846. The third-order valence-electron chi connectivity index (χ3n) is 3.31. The van der Waals surface area contributed by atoms with Crippen LogP contribution in [0.15, 0.2) is 10.7 Å². The fourth-order valence-electron chi connectivity index (χ4n) is 2.35. The molecule has 0 aromatic carbocycles. The number of nitrogens with zero attached hydrogens (tertiary/aromatic N) is 2. The zero-order chi connectivity index (χ0) is 11.5. The Morgan fingerprint density at radius 2 is 2.50 bits per heavy atom. The molecule has 2 heterocycles. The van der Waals surface area contributed by atoms with Crippen LogP contribution < -0.4 is 0 Å². The van der Waals surface area contributed by atoms with E-state index in [1.54, 1.807) is 13.2 Å². The Bertz CT molecular complexity index is 336. The average molecular weight is 224 g/mol. The third-order valence-corrected chi connectivity index (χ3v) is 3.31. The summed E-state index contributed by atoms with van der Waals surface area (Å²) in [5.41, 5.74) is 0.635. The maximum atomic E-state index is 9.36. The van der Waals surface area contributed by atoms with Crippen molar-refractivity contribution in [3.63, 3.8) is 0 Å². The van der Waals surface area contributed by atoms with Crippen molar-refractivity contribution in [2.75, 3.05) is 13.1 Å². The first kappa shape index (κ1) is 11.6. The van der Waals surface area contributed by atoms with Gasteiger partial charge in [-0.1, -0.05) is 6.92 Å². The average Bonchev–Trinajstić information content (AvgIpc) is 2.87. The highest BCUT2D eigenvalue weighted by molar-refractivity contribution is 5.01. The van der Waals surface area contributed by atoms with Crippen molar-refractivity contribution in [2.45, 2.75) is 45.3 Å². The van der Waals surface area contributed by atoms with Gasteiger partial charge in [-0.3, -0.25) is 0 Å². The standard InChI is InChI=1S/C12H20N2O2/c1-3-14-6-4-5-10(14)7-12-13-11(8-16-12)9(2)15/h8-10,15H,3-7H2,1-2H3. The van der Waals surface area contributed by atoms with Crippen LogP contribution in [0.2, 0.25) is 0 Å². The predicted octanol–water partition coefficient (Wildman–Crippen LogP) is 1.75. The Morgan fingerprint density at radius 3 is 3.12 bits per heavy atom. The molecule has 1 aliphatic heterocycles. The molecule has 0 amide bonds. The number of rotatable bonds is 4. The molecule has 1 aromatic rings. The molecule has 4 nitrogen and oxygen atoms in total. The Labute approximate surface area is 96.3 Å². The lowest BCUT2D eigenvalue weighted by Crippen LogP contribution is -2.30. The van der Waals surface area contributed by atoms with Gasteiger partial charge in [0.15, 0.2) is 5.89 Å². The molecule has 0 aliphatic carbocycles. The molecule has 90 valence electrons. The number of aromatic nitrogens is 1. The number of aliphatic hydroxyl groups is 1. The first-order valence-corrected chi connectivity index (χ1v) is 6.07. The number of aliphatic hydroxyl groups excluding tert-OH is 1. The van der Waals surface area contributed by atoms with E-state index in [1.165, 1.54) is 19.4 Å². The fraction of sp³-hybridized carbons (Fsp3) is 0.750. The molecule has 0 saturated carbocycles. The van der Waals surface area contributed by atoms with Crippen molar-refractivity contribution >= 4 is 0 Å². The number of likely N-dealkylation sites (tertiary alicyclic amines) is 1. The minimum atomic E-state index is -0.539. The Morgan fingerprint density at radius 1 is 1.69 bits per heavy atom. The summed E-state index contributed by atoms with van der Waals surface area (Å²) in [7, 11) is 0. The molecule has 4 heteroatoms. The van der Waals surface area contributed by atoms with Crippen LogP contribution in [0, 0.1) is 0 Å². The molecule has 1 aromatic heterocycles. The lowest BCUT2D eigenvalue weighted by molar-refractivity contribution is 0.194. The van der Waals surface area contributed by atoms with E-state index in [9.17, 15) is 5.11 Å². The van der Waals surface area contributed by atoms with Crippen molar-refractivity contribution in [3.8, 4) is 0 Å². The summed E-state index contributed by atoms with van der Waals surface area (Å²) in [6.07, 6.45) is 4.37. The summed E-state index contributed by atoms with van der Waals surface area (Å²) in [6.45, 7) is 6.17. The van der Waals surface area contributed by atoms with Gasteiger partial charge in [0, 0.05) is 12.5 Å². The van der Waals surface area contributed by atoms with E-state index < -0.39 is 6.10 Å². The van der Waals surface area contributed by atoms with E-state index in [2.05, 4.69) is 16.8 Å². The molecule has 1 saturated heterocycles. The molecule has 1 fully saturated rings. The molecule has 0 spiro atoms. The smallest absolute Gasteiger partial charge is 0.195 e. The maximum absolute atomic E-state index is 9.36. The van der Waals surface area contributed by atoms with Crippen LogP contribution >= 0.6 is 0 Å². The van der Waals surface area contributed by atoms with E-state index in [-0.39, 0.29) is 0 Å². The Hall–Kier alpha value is -0.870. The van der Waals surface area contributed by atoms with Crippen LogP contribution in [0.4, 0.5) is 0 Å². The van der Waals surface area contributed by atoms with Crippen LogP contribution in [0.3, 0.4) is 0 Å². The third kappa shape index (κ3) is 2.44. The highest BCUT2D eigenvalue weighted by Crippen LogP contribution is 2.21. The molecule has 2 atom stereocenters. The van der Waals surface area contributed by atoms with Crippen LogP contribution in [0.1, 0.15) is 44.4 Å². The molecule has 1 N–H and O–H groups in total. The van der Waals surface area contributed by atoms with E-state index in [1.807, 2.05) is 0 Å². The Kier molecular flexibility index (Phi) is 3.61. The van der Waals surface area contributed by atoms with Crippen molar-refractivity contribution in [2.24, 2.45) is 0 Å². The van der Waals surface area contributed by atoms with Crippen LogP contribution in [-0.4, -0.2) is 34.1 Å². The van der Waals surface area contributed by atoms with Crippen LogP contribution in [0.5, 0.6) is 0 Å². The highest BCUT2D eigenvalue weighted by Gasteiger charge is 2.24. The van der Waals surface area contributed by atoms with Crippen molar-refractivity contribution in [1.82, 2.24) is 9.88 Å². The second kappa shape index (κ2) is 4.97. The zero-order valence-electron chi connectivity index (χ0n) is 10.0. The van der Waals surface area contributed by atoms with Gasteiger partial charge in [-0.15, -0.1) is 0 Å². The van der Waals surface area contributed by atoms with E-state index in [0.717, 1.165) is 18.9 Å². The van der Waals surface area contributed by atoms with Gasteiger partial charge in [-0.05, 0) is 32.9 Å². The lowest BCUT2D eigenvalue weighted by atomic mass is 10.1. The monoisotopic (exact) mass is 224 g/mol. The van der Waals surface area contributed by atoms with Gasteiger partial charge in [-0.2, -0.15) is 0 Å². The van der Waals surface area contributed by atoms with Crippen molar-refractivity contribution in [3.05, 3.63) is 17.8 Å². The number of oxazole rings is 1. The summed E-state index contributed by atoms with van der Waals surface area (Å²) in [6, 6.07) is 0.561.